The Morgan fingerprint density at radius 3 is 2.76 bits per heavy atom. The number of amides is 2. The molecule has 0 saturated heterocycles. The number of quaternary nitrogens is 1. The first-order chi connectivity index (χ1) is 14.0. The van der Waals surface area contributed by atoms with Crippen LogP contribution in [0.3, 0.4) is 0 Å². The van der Waals surface area contributed by atoms with Crippen LogP contribution in [0.4, 0.5) is 16.2 Å². The summed E-state index contributed by atoms with van der Waals surface area (Å²) in [5, 5.41) is 3.54. The molecule has 1 aliphatic carbocycles. The number of halogens is 1. The van der Waals surface area contributed by atoms with Gasteiger partial charge in [0.05, 0.1) is 5.52 Å². The van der Waals surface area contributed by atoms with Gasteiger partial charge in [-0.15, -0.1) is 0 Å². The highest BCUT2D eigenvalue weighted by Gasteiger charge is 2.57. The van der Waals surface area contributed by atoms with Gasteiger partial charge in [-0.25, -0.2) is 14.8 Å². The molecule has 29 heavy (non-hydrogen) atoms. The molecule has 1 fully saturated rings. The summed E-state index contributed by atoms with van der Waals surface area (Å²) in [5.41, 5.74) is 3.59. The zero-order valence-corrected chi connectivity index (χ0v) is 17.5. The Kier molecular flexibility index (Phi) is 4.37. The van der Waals surface area contributed by atoms with Gasteiger partial charge in [-0.2, -0.15) is 4.48 Å². The van der Waals surface area contributed by atoms with Crippen molar-refractivity contribution in [1.29, 1.82) is 0 Å². The van der Waals surface area contributed by atoms with Crippen LogP contribution in [0.25, 0.3) is 11.2 Å². The minimum Gasteiger partial charge on any atom is -0.322 e. The number of pyridine rings is 1. The number of nitrogens with one attached hydrogen (secondary N) is 1. The number of nitrogens with zero attached hydrogens (tertiary/aromatic N) is 4. The Bertz CT molecular complexity index is 1100. The van der Waals surface area contributed by atoms with E-state index in [4.69, 9.17) is 16.6 Å². The van der Waals surface area contributed by atoms with Gasteiger partial charge in [-0.05, 0) is 30.5 Å². The smallest absolute Gasteiger partial charge is 0.322 e. The molecule has 0 spiro atoms. The number of carbonyl (C=O) groups is 1. The maximum Gasteiger partial charge on any atom is 0.426 e. The van der Waals surface area contributed by atoms with Gasteiger partial charge in [0.15, 0.2) is 23.7 Å². The van der Waals surface area contributed by atoms with E-state index in [1.807, 2.05) is 30.3 Å². The van der Waals surface area contributed by atoms with E-state index in [0.29, 0.717) is 33.8 Å². The number of rotatable bonds is 6. The molecule has 3 heterocycles. The van der Waals surface area contributed by atoms with Crippen LogP contribution in [0, 0.1) is 5.92 Å². The quantitative estimate of drug-likeness (QED) is 0.440. The van der Waals surface area contributed by atoms with Gasteiger partial charge < -0.3 is 4.57 Å². The zero-order valence-electron chi connectivity index (χ0n) is 16.7. The monoisotopic (exact) mass is 410 g/mol. The second kappa shape index (κ2) is 6.82. The molecule has 2 amide bonds. The SMILES string of the molecule is CC(C)CCn1c(C[N+]2(C3CC3)C(=O)Nc3ccccc32)nc2nc(Cl)ccc21. The number of fused-ring (bicyclic) bond motifs is 2. The fourth-order valence-electron chi connectivity index (χ4n) is 4.43. The summed E-state index contributed by atoms with van der Waals surface area (Å²) in [7, 11) is 0. The average molecular weight is 411 g/mol. The van der Waals surface area contributed by atoms with Crippen molar-refractivity contribution in [2.24, 2.45) is 5.92 Å². The van der Waals surface area contributed by atoms with E-state index < -0.39 is 0 Å². The first-order valence-electron chi connectivity index (χ1n) is 10.3. The summed E-state index contributed by atoms with van der Waals surface area (Å²) >= 11 is 6.13. The van der Waals surface area contributed by atoms with Crippen LogP contribution < -0.4 is 9.80 Å². The third kappa shape index (κ3) is 3.02. The van der Waals surface area contributed by atoms with E-state index in [1.54, 1.807) is 0 Å². The van der Waals surface area contributed by atoms with Crippen LogP contribution in [-0.4, -0.2) is 26.6 Å². The summed E-state index contributed by atoms with van der Waals surface area (Å²) in [4.78, 5) is 22.6. The highest BCUT2D eigenvalue weighted by Crippen LogP contribution is 2.48. The molecule has 1 saturated carbocycles. The van der Waals surface area contributed by atoms with Crippen molar-refractivity contribution in [3.63, 3.8) is 0 Å². The fourth-order valence-corrected chi connectivity index (χ4v) is 4.57. The number of hydrogen-bond acceptors (Lipinski definition) is 3. The molecule has 1 aliphatic heterocycles. The molecule has 2 aliphatic rings. The third-order valence-electron chi connectivity index (χ3n) is 6.09. The molecule has 5 rings (SSSR count). The molecule has 3 aromatic rings. The second-order valence-corrected chi connectivity index (χ2v) is 8.93. The first kappa shape index (κ1) is 18.6. The largest absolute Gasteiger partial charge is 0.426 e. The number of imidazole rings is 1. The van der Waals surface area contributed by atoms with E-state index in [2.05, 4.69) is 34.8 Å². The third-order valence-corrected chi connectivity index (χ3v) is 6.30. The summed E-state index contributed by atoms with van der Waals surface area (Å²) in [6.07, 6.45) is 3.14. The van der Waals surface area contributed by atoms with Crippen LogP contribution in [0.15, 0.2) is 36.4 Å². The Balaban J connectivity index is 1.63. The van der Waals surface area contributed by atoms with Crippen molar-refractivity contribution in [3.8, 4) is 0 Å². The Hall–Kier alpha value is -2.44. The van der Waals surface area contributed by atoms with Crippen molar-refractivity contribution in [2.45, 2.75) is 52.2 Å². The molecule has 7 heteroatoms. The number of hydrogen-bond donors (Lipinski definition) is 1. The van der Waals surface area contributed by atoms with Crippen LogP contribution in [-0.2, 0) is 13.1 Å². The standard InChI is InChI=1S/C22H24ClN5O/c1-14(2)11-12-27-17-9-10-19(23)25-21(17)26-20(27)13-28(15-7-8-15)18-6-4-3-5-16(18)24-22(28)29/h3-6,9-10,14-15H,7-8,11-13H2,1-2H3/p+1. The Labute approximate surface area is 175 Å². The Morgan fingerprint density at radius 2 is 2.00 bits per heavy atom. The van der Waals surface area contributed by atoms with Crippen LogP contribution >= 0.6 is 11.6 Å². The van der Waals surface area contributed by atoms with Crippen LogP contribution in [0.2, 0.25) is 5.15 Å². The highest BCUT2D eigenvalue weighted by atomic mass is 35.5. The maximum absolute atomic E-state index is 13.3. The number of carbonyl (C=O) groups excluding carboxylic acids is 1. The molecular weight excluding hydrogens is 386 g/mol. The summed E-state index contributed by atoms with van der Waals surface area (Å²) in [6.45, 7) is 5.81. The number of para-hydroxylation sites is 2. The summed E-state index contributed by atoms with van der Waals surface area (Å²) in [5.74, 6) is 1.47. The highest BCUT2D eigenvalue weighted by molar-refractivity contribution is 6.29. The predicted octanol–water partition coefficient (Wildman–Crippen LogP) is 5.35. The van der Waals surface area contributed by atoms with E-state index in [1.165, 1.54) is 0 Å². The lowest BCUT2D eigenvalue weighted by Gasteiger charge is -2.30. The van der Waals surface area contributed by atoms with E-state index in [9.17, 15) is 4.79 Å². The number of benzene rings is 1. The topological polar surface area (TPSA) is 59.8 Å². The lowest BCUT2D eigenvalue weighted by atomic mass is 10.1. The molecule has 2 aromatic heterocycles. The molecule has 1 atom stereocenters. The number of aromatic nitrogens is 3. The molecule has 150 valence electrons. The molecule has 0 bridgehead atoms. The summed E-state index contributed by atoms with van der Waals surface area (Å²) < 4.78 is 2.53. The molecule has 6 nitrogen and oxygen atoms in total. The van der Waals surface area contributed by atoms with Gasteiger partial charge in [0.2, 0.25) is 0 Å². The van der Waals surface area contributed by atoms with Gasteiger partial charge in [0.1, 0.15) is 16.9 Å². The summed E-state index contributed by atoms with van der Waals surface area (Å²) in [6, 6.07) is 12.2. The minimum atomic E-state index is 0.0437. The normalized spacial score (nSPS) is 21.0. The van der Waals surface area contributed by atoms with Crippen molar-refractivity contribution in [2.75, 3.05) is 5.32 Å². The van der Waals surface area contributed by atoms with Gasteiger partial charge in [-0.3, -0.25) is 5.32 Å². The van der Waals surface area contributed by atoms with E-state index in [0.717, 1.165) is 48.5 Å². The Morgan fingerprint density at radius 1 is 1.21 bits per heavy atom. The molecular formula is C22H25ClN5O+. The molecule has 1 N–H and O–H groups in total. The van der Waals surface area contributed by atoms with Gasteiger partial charge >= 0.3 is 6.03 Å². The van der Waals surface area contributed by atoms with Crippen molar-refractivity contribution in [3.05, 3.63) is 47.4 Å². The maximum atomic E-state index is 13.3. The molecule has 0 radical (unpaired) electrons. The zero-order chi connectivity index (χ0) is 20.2. The van der Waals surface area contributed by atoms with E-state index >= 15 is 0 Å². The number of urea groups is 1. The first-order valence-corrected chi connectivity index (χ1v) is 10.7. The lowest BCUT2D eigenvalue weighted by Crippen LogP contribution is -2.54. The average Bonchev–Trinajstić information content (AvgIpc) is 3.43. The lowest BCUT2D eigenvalue weighted by molar-refractivity contribution is 0.208. The fraction of sp³-hybridized carbons (Fsp3) is 0.409. The van der Waals surface area contributed by atoms with Crippen molar-refractivity contribution < 1.29 is 4.79 Å². The second-order valence-electron chi connectivity index (χ2n) is 8.54. The molecule has 1 aromatic carbocycles. The predicted molar refractivity (Wildman–Crippen MR) is 116 cm³/mol. The van der Waals surface area contributed by atoms with Gasteiger partial charge in [0.25, 0.3) is 0 Å². The minimum absolute atomic E-state index is 0.0437. The van der Waals surface area contributed by atoms with Crippen molar-refractivity contribution in [1.82, 2.24) is 19.0 Å². The van der Waals surface area contributed by atoms with Gasteiger partial charge in [-0.1, -0.05) is 37.6 Å². The van der Waals surface area contributed by atoms with E-state index in [-0.39, 0.29) is 6.03 Å². The number of aryl methyl sites for hydroxylation is 1. The van der Waals surface area contributed by atoms with Crippen LogP contribution in [0.5, 0.6) is 0 Å². The number of anilines is 1. The van der Waals surface area contributed by atoms with Crippen molar-refractivity contribution >= 4 is 40.2 Å². The molecule has 1 unspecified atom stereocenters. The van der Waals surface area contributed by atoms with Gasteiger partial charge in [0, 0.05) is 25.5 Å². The van der Waals surface area contributed by atoms with Crippen LogP contribution in [0.1, 0.15) is 38.9 Å².